The van der Waals surface area contributed by atoms with Gasteiger partial charge >= 0.3 is 0 Å². The van der Waals surface area contributed by atoms with Gasteiger partial charge in [-0.3, -0.25) is 9.78 Å². The second-order valence-corrected chi connectivity index (χ2v) is 6.84. The maximum Gasteiger partial charge on any atom is 0.253 e. The van der Waals surface area contributed by atoms with Crippen molar-refractivity contribution in [2.24, 2.45) is 0 Å². The smallest absolute Gasteiger partial charge is 0.253 e. The van der Waals surface area contributed by atoms with Crippen molar-refractivity contribution in [1.29, 1.82) is 0 Å². The zero-order valence-electron chi connectivity index (χ0n) is 8.99. The van der Waals surface area contributed by atoms with Crippen molar-refractivity contribution in [3.63, 3.8) is 0 Å². The summed E-state index contributed by atoms with van der Waals surface area (Å²) in [5.41, 5.74) is 0.434. The van der Waals surface area contributed by atoms with Gasteiger partial charge in [-0.25, -0.2) is 0 Å². The summed E-state index contributed by atoms with van der Waals surface area (Å²) in [4.78, 5) is 15.7. The first-order valence-electron chi connectivity index (χ1n) is 4.84. The Labute approximate surface area is 119 Å². The van der Waals surface area contributed by atoms with Crippen molar-refractivity contribution in [1.82, 2.24) is 10.3 Å². The Morgan fingerprint density at radius 2 is 2.29 bits per heavy atom. The second kappa shape index (κ2) is 6.69. The molecule has 0 aliphatic carbocycles. The molecule has 0 bridgehead atoms. The standard InChI is InChI=1S/C10H11Cl3N2OS/c1-2-17-9(10(11,12)13)15-8(16)7-4-3-5-14-6-7/h3-6,9H,2H2,1H3,(H,15,16). The van der Waals surface area contributed by atoms with Crippen LogP contribution in [0.1, 0.15) is 17.3 Å². The van der Waals surface area contributed by atoms with Crippen molar-refractivity contribution in [2.75, 3.05) is 5.75 Å². The molecule has 1 aromatic heterocycles. The molecule has 1 amide bonds. The van der Waals surface area contributed by atoms with E-state index in [0.717, 1.165) is 5.75 Å². The normalized spacial score (nSPS) is 13.2. The molecule has 0 saturated carbocycles. The van der Waals surface area contributed by atoms with Crippen molar-refractivity contribution >= 4 is 52.5 Å². The molecule has 1 unspecified atom stereocenters. The fourth-order valence-electron chi connectivity index (χ4n) is 1.08. The number of carbonyl (C=O) groups is 1. The van der Waals surface area contributed by atoms with Crippen molar-refractivity contribution < 1.29 is 4.79 Å². The molecule has 1 atom stereocenters. The molecule has 1 rings (SSSR count). The first-order chi connectivity index (χ1) is 7.95. The number of nitrogens with zero attached hydrogens (tertiary/aromatic N) is 1. The summed E-state index contributed by atoms with van der Waals surface area (Å²) in [5.74, 6) is 0.418. The Balaban J connectivity index is 2.71. The van der Waals surface area contributed by atoms with Gasteiger partial charge in [0, 0.05) is 12.4 Å². The predicted molar refractivity (Wildman–Crippen MR) is 73.9 cm³/mol. The fourth-order valence-corrected chi connectivity index (χ4v) is 2.53. The van der Waals surface area contributed by atoms with Crippen LogP contribution >= 0.6 is 46.6 Å². The van der Waals surface area contributed by atoms with Crippen molar-refractivity contribution in [2.45, 2.75) is 16.1 Å². The van der Waals surface area contributed by atoms with Crippen LogP contribution in [0.4, 0.5) is 0 Å². The zero-order valence-corrected chi connectivity index (χ0v) is 12.1. The van der Waals surface area contributed by atoms with E-state index >= 15 is 0 Å². The van der Waals surface area contributed by atoms with Gasteiger partial charge in [-0.05, 0) is 17.9 Å². The minimum atomic E-state index is -1.54. The van der Waals surface area contributed by atoms with E-state index in [2.05, 4.69) is 10.3 Å². The molecule has 94 valence electrons. The van der Waals surface area contributed by atoms with Crippen LogP contribution in [-0.2, 0) is 0 Å². The summed E-state index contributed by atoms with van der Waals surface area (Å²) in [6, 6.07) is 3.32. The largest absolute Gasteiger partial charge is 0.336 e. The molecule has 0 aromatic carbocycles. The summed E-state index contributed by atoms with van der Waals surface area (Å²) in [6.45, 7) is 1.92. The molecule has 0 aliphatic heterocycles. The Kier molecular flexibility index (Phi) is 5.86. The van der Waals surface area contributed by atoms with Crippen LogP contribution in [0.5, 0.6) is 0 Å². The van der Waals surface area contributed by atoms with Crippen LogP contribution in [0.2, 0.25) is 0 Å². The Morgan fingerprint density at radius 3 is 2.76 bits per heavy atom. The third kappa shape index (κ3) is 4.92. The monoisotopic (exact) mass is 312 g/mol. The van der Waals surface area contributed by atoms with Gasteiger partial charge in [-0.1, -0.05) is 41.7 Å². The van der Waals surface area contributed by atoms with E-state index in [-0.39, 0.29) is 5.91 Å². The third-order valence-electron chi connectivity index (χ3n) is 1.82. The fraction of sp³-hybridized carbons (Fsp3) is 0.400. The summed E-state index contributed by atoms with van der Waals surface area (Å²) in [6.07, 6.45) is 3.05. The molecule has 1 N–H and O–H groups in total. The highest BCUT2D eigenvalue weighted by Gasteiger charge is 2.34. The summed E-state index contributed by atoms with van der Waals surface area (Å²) < 4.78 is -1.54. The topological polar surface area (TPSA) is 42.0 Å². The van der Waals surface area contributed by atoms with E-state index in [4.69, 9.17) is 34.8 Å². The molecule has 1 heterocycles. The Bertz CT molecular complexity index is 370. The molecule has 3 nitrogen and oxygen atoms in total. The number of carbonyl (C=O) groups excluding carboxylic acids is 1. The van der Waals surface area contributed by atoms with E-state index in [1.165, 1.54) is 18.0 Å². The van der Waals surface area contributed by atoms with Crippen LogP contribution in [0.25, 0.3) is 0 Å². The summed E-state index contributed by atoms with van der Waals surface area (Å²) in [5, 5.41) is 2.07. The number of hydrogen-bond acceptors (Lipinski definition) is 3. The number of aromatic nitrogens is 1. The molecule has 0 aliphatic rings. The van der Waals surface area contributed by atoms with Gasteiger partial charge in [0.15, 0.2) is 0 Å². The summed E-state index contributed by atoms with van der Waals surface area (Å²) >= 11 is 18.7. The molecule has 0 radical (unpaired) electrons. The van der Waals surface area contributed by atoms with Crippen molar-refractivity contribution in [3.8, 4) is 0 Å². The SMILES string of the molecule is CCSC(NC(=O)c1cccnc1)C(Cl)(Cl)Cl. The molecule has 0 saturated heterocycles. The molecule has 1 aromatic rings. The number of hydrogen-bond donors (Lipinski definition) is 1. The van der Waals surface area contributed by atoms with Gasteiger partial charge < -0.3 is 5.32 Å². The van der Waals surface area contributed by atoms with E-state index in [9.17, 15) is 4.79 Å². The van der Waals surface area contributed by atoms with Crippen molar-refractivity contribution in [3.05, 3.63) is 30.1 Å². The maximum absolute atomic E-state index is 11.8. The van der Waals surface area contributed by atoms with Gasteiger partial charge in [-0.2, -0.15) is 0 Å². The van der Waals surface area contributed by atoms with Crippen LogP contribution in [0, 0.1) is 0 Å². The molecular weight excluding hydrogens is 303 g/mol. The van der Waals surface area contributed by atoms with Gasteiger partial charge in [0.25, 0.3) is 5.91 Å². The molecule has 0 fully saturated rings. The lowest BCUT2D eigenvalue weighted by molar-refractivity contribution is 0.0949. The quantitative estimate of drug-likeness (QED) is 0.685. The van der Waals surface area contributed by atoms with Crippen LogP contribution in [0.15, 0.2) is 24.5 Å². The van der Waals surface area contributed by atoms with E-state index in [1.807, 2.05) is 6.92 Å². The number of halogens is 3. The highest BCUT2D eigenvalue weighted by atomic mass is 35.6. The number of amides is 1. The molecule has 7 heteroatoms. The highest BCUT2D eigenvalue weighted by molar-refractivity contribution is 8.00. The lowest BCUT2D eigenvalue weighted by Gasteiger charge is -2.24. The maximum atomic E-state index is 11.8. The number of alkyl halides is 3. The van der Waals surface area contributed by atoms with Crippen LogP contribution in [0.3, 0.4) is 0 Å². The zero-order chi connectivity index (χ0) is 12.9. The van der Waals surface area contributed by atoms with Gasteiger partial charge in [0.1, 0.15) is 5.37 Å². The van der Waals surface area contributed by atoms with E-state index in [0.29, 0.717) is 5.56 Å². The highest BCUT2D eigenvalue weighted by Crippen LogP contribution is 2.36. The van der Waals surface area contributed by atoms with Gasteiger partial charge in [0.05, 0.1) is 5.56 Å². The second-order valence-electron chi connectivity index (χ2n) is 3.09. The molecule has 0 spiro atoms. The van der Waals surface area contributed by atoms with Crippen LogP contribution in [-0.4, -0.2) is 25.8 Å². The van der Waals surface area contributed by atoms with Gasteiger partial charge in [-0.15, -0.1) is 11.8 Å². The van der Waals surface area contributed by atoms with E-state index in [1.54, 1.807) is 18.3 Å². The van der Waals surface area contributed by atoms with E-state index < -0.39 is 9.17 Å². The molecular formula is C10H11Cl3N2OS. The number of pyridine rings is 1. The number of rotatable bonds is 4. The average molecular weight is 314 g/mol. The minimum absolute atomic E-state index is 0.310. The predicted octanol–water partition coefficient (Wildman–Crippen LogP) is 3.26. The lowest BCUT2D eigenvalue weighted by atomic mass is 10.3. The third-order valence-corrected chi connectivity index (χ3v) is 4.00. The van der Waals surface area contributed by atoms with Crippen LogP contribution < -0.4 is 5.32 Å². The summed E-state index contributed by atoms with van der Waals surface area (Å²) in [7, 11) is 0. The number of thioether (sulfide) groups is 1. The molecule has 17 heavy (non-hydrogen) atoms. The minimum Gasteiger partial charge on any atom is -0.336 e. The average Bonchev–Trinajstić information content (AvgIpc) is 2.28. The first-order valence-corrected chi connectivity index (χ1v) is 7.02. The first kappa shape index (κ1) is 14.9. The van der Waals surface area contributed by atoms with Gasteiger partial charge in [0.2, 0.25) is 3.79 Å². The lowest BCUT2D eigenvalue weighted by Crippen LogP contribution is -2.41. The Morgan fingerprint density at radius 1 is 1.59 bits per heavy atom. The number of nitrogens with one attached hydrogen (secondary N) is 1. The Hall–Kier alpha value is -0.160.